The van der Waals surface area contributed by atoms with Crippen LogP contribution in [0.5, 0.6) is 0 Å². The maximum atomic E-state index is 9.40. The van der Waals surface area contributed by atoms with Crippen LogP contribution in [0.1, 0.15) is 6.92 Å². The Morgan fingerprint density at radius 3 is 2.25 bits per heavy atom. The first-order valence-electron chi connectivity index (χ1n) is 3.80. The molecule has 5 nitrogen and oxygen atoms in total. The molecular weight excluding hydrogens is 164 g/mol. The van der Waals surface area contributed by atoms with Crippen molar-refractivity contribution in [3.8, 4) is 0 Å². The van der Waals surface area contributed by atoms with Gasteiger partial charge in [-0.05, 0) is 6.92 Å². The van der Waals surface area contributed by atoms with Gasteiger partial charge in [0.05, 0.1) is 6.10 Å². The van der Waals surface area contributed by atoms with Crippen molar-refractivity contribution >= 4 is 0 Å². The molecule has 0 aromatic carbocycles. The first kappa shape index (κ1) is 9.88. The van der Waals surface area contributed by atoms with Crippen LogP contribution in [0.25, 0.3) is 0 Å². The highest BCUT2D eigenvalue weighted by atomic mass is 16.6. The summed E-state index contributed by atoms with van der Waals surface area (Å²) < 4.78 is 9.63. The molecule has 1 fully saturated rings. The van der Waals surface area contributed by atoms with Crippen LogP contribution in [0, 0.1) is 0 Å². The molecule has 1 heterocycles. The Labute approximate surface area is 70.5 Å². The number of ether oxygens (including phenoxy) is 2. The van der Waals surface area contributed by atoms with Gasteiger partial charge >= 0.3 is 0 Å². The van der Waals surface area contributed by atoms with Crippen molar-refractivity contribution in [1.29, 1.82) is 0 Å². The van der Waals surface area contributed by atoms with Crippen LogP contribution >= 0.6 is 0 Å². The molecule has 1 unspecified atom stereocenters. The summed E-state index contributed by atoms with van der Waals surface area (Å²) in [5, 5.41) is 27.8. The lowest BCUT2D eigenvalue weighted by molar-refractivity contribution is -0.282. The van der Waals surface area contributed by atoms with Gasteiger partial charge in [-0.2, -0.15) is 0 Å². The normalized spacial score (nSPS) is 49.2. The molecule has 5 heteroatoms. The van der Waals surface area contributed by atoms with Crippen LogP contribution in [0.2, 0.25) is 0 Å². The Kier molecular flexibility index (Phi) is 3.03. The lowest BCUT2D eigenvalue weighted by Gasteiger charge is -2.38. The van der Waals surface area contributed by atoms with Gasteiger partial charge in [-0.15, -0.1) is 0 Å². The van der Waals surface area contributed by atoms with Crippen molar-refractivity contribution in [3.63, 3.8) is 0 Å². The summed E-state index contributed by atoms with van der Waals surface area (Å²) in [6.07, 6.45) is -4.71. The minimum atomic E-state index is -1.28. The van der Waals surface area contributed by atoms with Crippen molar-refractivity contribution in [2.24, 2.45) is 0 Å². The molecule has 0 amide bonds. The number of hydrogen-bond donors (Lipinski definition) is 3. The van der Waals surface area contributed by atoms with Crippen LogP contribution in [-0.2, 0) is 9.47 Å². The third-order valence-electron chi connectivity index (χ3n) is 2.07. The van der Waals surface area contributed by atoms with Gasteiger partial charge in [0.1, 0.15) is 18.3 Å². The van der Waals surface area contributed by atoms with E-state index in [2.05, 4.69) is 0 Å². The summed E-state index contributed by atoms with van der Waals surface area (Å²) >= 11 is 0. The average molecular weight is 178 g/mol. The molecule has 1 rings (SSSR count). The predicted octanol–water partition coefficient (Wildman–Crippen LogP) is -1.54. The van der Waals surface area contributed by atoms with Gasteiger partial charge in [-0.1, -0.05) is 0 Å². The summed E-state index contributed by atoms with van der Waals surface area (Å²) in [5.41, 5.74) is 0. The molecule has 0 radical (unpaired) electrons. The zero-order valence-electron chi connectivity index (χ0n) is 7.04. The lowest BCUT2D eigenvalue weighted by atomic mass is 10.00. The molecule has 0 aliphatic carbocycles. The molecule has 1 saturated heterocycles. The van der Waals surface area contributed by atoms with Gasteiger partial charge in [-0.25, -0.2) is 0 Å². The molecule has 5 atom stereocenters. The Hall–Kier alpha value is -0.200. The topological polar surface area (TPSA) is 79.2 Å². The second-order valence-electron chi connectivity index (χ2n) is 2.91. The number of rotatable bonds is 1. The fourth-order valence-corrected chi connectivity index (χ4v) is 1.29. The van der Waals surface area contributed by atoms with E-state index in [-0.39, 0.29) is 0 Å². The van der Waals surface area contributed by atoms with Gasteiger partial charge in [0.15, 0.2) is 6.29 Å². The minimum Gasteiger partial charge on any atom is -0.388 e. The van der Waals surface area contributed by atoms with E-state index in [0.717, 1.165) is 0 Å². The Balaban J connectivity index is 2.67. The second-order valence-corrected chi connectivity index (χ2v) is 2.91. The molecule has 0 saturated carbocycles. The van der Waals surface area contributed by atoms with Crippen LogP contribution in [0.15, 0.2) is 0 Å². The van der Waals surface area contributed by atoms with Crippen LogP contribution < -0.4 is 0 Å². The highest BCUT2D eigenvalue weighted by Crippen LogP contribution is 2.21. The van der Waals surface area contributed by atoms with E-state index in [4.69, 9.17) is 14.6 Å². The van der Waals surface area contributed by atoms with Crippen LogP contribution in [-0.4, -0.2) is 53.1 Å². The predicted molar refractivity (Wildman–Crippen MR) is 39.4 cm³/mol. The monoisotopic (exact) mass is 178 g/mol. The maximum Gasteiger partial charge on any atom is 0.183 e. The third kappa shape index (κ3) is 1.60. The van der Waals surface area contributed by atoms with Gasteiger partial charge in [0.2, 0.25) is 0 Å². The maximum absolute atomic E-state index is 9.40. The average Bonchev–Trinajstić information content (AvgIpc) is 2.02. The fourth-order valence-electron chi connectivity index (χ4n) is 1.29. The molecule has 1 aliphatic heterocycles. The highest BCUT2D eigenvalue weighted by molar-refractivity contribution is 4.87. The van der Waals surface area contributed by atoms with Crippen molar-refractivity contribution < 1.29 is 24.8 Å². The largest absolute Gasteiger partial charge is 0.388 e. The van der Waals surface area contributed by atoms with Gasteiger partial charge < -0.3 is 24.8 Å². The SMILES string of the molecule is CO[C@@H]1[C@H](O)[C@H](C)OC(O)[C@@H]1O. The third-order valence-corrected chi connectivity index (χ3v) is 2.07. The summed E-state index contributed by atoms with van der Waals surface area (Å²) in [6, 6.07) is 0. The molecule has 72 valence electrons. The van der Waals surface area contributed by atoms with Crippen LogP contribution in [0.3, 0.4) is 0 Å². The van der Waals surface area contributed by atoms with Crippen molar-refractivity contribution in [1.82, 2.24) is 0 Å². The van der Waals surface area contributed by atoms with E-state index in [9.17, 15) is 10.2 Å². The second kappa shape index (κ2) is 3.68. The number of methoxy groups -OCH3 is 1. The molecule has 3 N–H and O–H groups in total. The summed E-state index contributed by atoms with van der Waals surface area (Å²) in [5.74, 6) is 0. The minimum absolute atomic E-state index is 0.534. The molecule has 1 aliphatic rings. The number of aliphatic hydroxyl groups is 3. The highest BCUT2D eigenvalue weighted by Gasteiger charge is 2.42. The van der Waals surface area contributed by atoms with Gasteiger partial charge in [0.25, 0.3) is 0 Å². The molecule has 0 aromatic heterocycles. The number of hydrogen-bond acceptors (Lipinski definition) is 5. The van der Waals surface area contributed by atoms with E-state index in [1.54, 1.807) is 6.92 Å². The Morgan fingerprint density at radius 1 is 1.17 bits per heavy atom. The quantitative estimate of drug-likeness (QED) is 0.453. The summed E-state index contributed by atoms with van der Waals surface area (Å²) in [4.78, 5) is 0. The van der Waals surface area contributed by atoms with Crippen molar-refractivity contribution in [2.75, 3.05) is 7.11 Å². The molecule has 0 bridgehead atoms. The smallest absolute Gasteiger partial charge is 0.183 e. The van der Waals surface area contributed by atoms with Gasteiger partial charge in [0, 0.05) is 7.11 Å². The first-order valence-corrected chi connectivity index (χ1v) is 3.80. The zero-order chi connectivity index (χ0) is 9.30. The van der Waals surface area contributed by atoms with Gasteiger partial charge in [-0.3, -0.25) is 0 Å². The van der Waals surface area contributed by atoms with Crippen molar-refractivity contribution in [3.05, 3.63) is 0 Å². The van der Waals surface area contributed by atoms with Crippen molar-refractivity contribution in [2.45, 2.75) is 37.6 Å². The number of aliphatic hydroxyl groups excluding tert-OH is 3. The molecular formula is C7H14O5. The molecule has 0 aromatic rings. The lowest BCUT2D eigenvalue weighted by Crippen LogP contribution is -2.57. The Morgan fingerprint density at radius 2 is 1.75 bits per heavy atom. The van der Waals surface area contributed by atoms with E-state index in [1.807, 2.05) is 0 Å². The first-order chi connectivity index (χ1) is 5.57. The Bertz CT molecular complexity index is 137. The summed E-state index contributed by atoms with van der Waals surface area (Å²) in [7, 11) is 1.36. The molecule has 12 heavy (non-hydrogen) atoms. The van der Waals surface area contributed by atoms with Crippen LogP contribution in [0.4, 0.5) is 0 Å². The fraction of sp³-hybridized carbons (Fsp3) is 1.00. The van der Waals surface area contributed by atoms with E-state index in [0.29, 0.717) is 0 Å². The zero-order valence-corrected chi connectivity index (χ0v) is 7.04. The van der Waals surface area contributed by atoms with E-state index in [1.165, 1.54) is 7.11 Å². The summed E-state index contributed by atoms with van der Waals surface area (Å²) in [6.45, 7) is 1.60. The molecule has 0 spiro atoms. The standard InChI is InChI=1S/C7H14O5/c1-3-4(8)6(11-2)5(9)7(10)12-3/h3-10H,1-2H3/t3-,4+,5+,6+,7?/m0/s1. The van der Waals surface area contributed by atoms with E-state index < -0.39 is 30.7 Å². The van der Waals surface area contributed by atoms with E-state index >= 15 is 0 Å².